The van der Waals surface area contributed by atoms with Gasteiger partial charge in [-0.05, 0) is 49.8 Å². The molecular formula is C21H29NO. The van der Waals surface area contributed by atoms with Gasteiger partial charge in [0, 0.05) is 31.6 Å². The minimum Gasteiger partial charge on any atom is -0.378 e. The highest BCUT2D eigenvalue weighted by molar-refractivity contribution is 5.46. The first-order chi connectivity index (χ1) is 11.2. The number of hydrogen-bond acceptors (Lipinski definition) is 2. The molecule has 0 bridgehead atoms. The second-order valence-electron chi connectivity index (χ2n) is 7.71. The van der Waals surface area contributed by atoms with Gasteiger partial charge in [0.1, 0.15) is 0 Å². The lowest BCUT2D eigenvalue weighted by molar-refractivity contribution is -0.106. The Morgan fingerprint density at radius 2 is 1.65 bits per heavy atom. The van der Waals surface area contributed by atoms with Crippen molar-refractivity contribution >= 4 is 5.69 Å². The summed E-state index contributed by atoms with van der Waals surface area (Å²) in [7, 11) is 4.20. The Morgan fingerprint density at radius 1 is 0.913 bits per heavy atom. The fourth-order valence-corrected chi connectivity index (χ4v) is 4.87. The van der Waals surface area contributed by atoms with Crippen LogP contribution in [0.25, 0.3) is 0 Å². The summed E-state index contributed by atoms with van der Waals surface area (Å²) < 4.78 is 6.69. The lowest BCUT2D eigenvalue weighted by Crippen LogP contribution is -2.41. The highest BCUT2D eigenvalue weighted by Crippen LogP contribution is 2.51. The molecule has 0 amide bonds. The third kappa shape index (κ3) is 2.82. The second-order valence-corrected chi connectivity index (χ2v) is 7.71. The topological polar surface area (TPSA) is 12.5 Å². The molecule has 0 spiro atoms. The molecule has 124 valence electrons. The van der Waals surface area contributed by atoms with Crippen molar-refractivity contribution in [3.05, 3.63) is 41.5 Å². The first-order valence-corrected chi connectivity index (χ1v) is 9.37. The van der Waals surface area contributed by atoms with E-state index in [1.165, 1.54) is 56.2 Å². The molecule has 0 aromatic heterocycles. The Balaban J connectivity index is 1.64. The predicted octanol–water partition coefficient (Wildman–Crippen LogP) is 5.11. The molecule has 1 aromatic rings. The molecule has 1 heterocycles. The van der Waals surface area contributed by atoms with Gasteiger partial charge in [0.25, 0.3) is 0 Å². The average Bonchev–Trinajstić information content (AvgIpc) is 2.61. The van der Waals surface area contributed by atoms with Crippen LogP contribution < -0.4 is 4.90 Å². The summed E-state index contributed by atoms with van der Waals surface area (Å²) in [5.74, 6) is 1.33. The zero-order chi connectivity index (χ0) is 15.8. The summed E-state index contributed by atoms with van der Waals surface area (Å²) in [6, 6.07) is 9.04. The molecule has 2 aliphatic carbocycles. The summed E-state index contributed by atoms with van der Waals surface area (Å²) in [5.41, 5.74) is 4.38. The molecule has 2 fully saturated rings. The molecule has 0 unspecified atom stereocenters. The van der Waals surface area contributed by atoms with Crippen LogP contribution in [0.2, 0.25) is 0 Å². The molecule has 23 heavy (non-hydrogen) atoms. The maximum Gasteiger partial charge on any atom is 0.0894 e. The standard InChI is InChI=1S/C21H29NO/c1-22(2)16-13-11-15(12-14-16)21-19-9-4-3-7-17(19)18-8-5-6-10-20(18)23-21/h7,11-14,18-21H,3-6,8-10H2,1-2H3/t18-,19+,20+,21-/m0/s1. The molecule has 3 aliphatic rings. The van der Waals surface area contributed by atoms with Crippen molar-refractivity contribution in [1.29, 1.82) is 0 Å². The van der Waals surface area contributed by atoms with Crippen LogP contribution in [0, 0.1) is 11.8 Å². The summed E-state index contributed by atoms with van der Waals surface area (Å²) >= 11 is 0. The van der Waals surface area contributed by atoms with E-state index in [2.05, 4.69) is 49.3 Å². The quantitative estimate of drug-likeness (QED) is 0.704. The average molecular weight is 311 g/mol. The largest absolute Gasteiger partial charge is 0.378 e. The van der Waals surface area contributed by atoms with Crippen molar-refractivity contribution in [2.75, 3.05) is 19.0 Å². The van der Waals surface area contributed by atoms with Crippen LogP contribution in [0.4, 0.5) is 5.69 Å². The maximum atomic E-state index is 6.69. The van der Waals surface area contributed by atoms with Crippen molar-refractivity contribution in [1.82, 2.24) is 0 Å². The van der Waals surface area contributed by atoms with E-state index in [-0.39, 0.29) is 6.10 Å². The van der Waals surface area contributed by atoms with Crippen LogP contribution >= 0.6 is 0 Å². The number of fused-ring (bicyclic) bond motifs is 3. The number of allylic oxidation sites excluding steroid dienone is 1. The molecular weight excluding hydrogens is 282 g/mol. The minimum absolute atomic E-state index is 0.275. The Hall–Kier alpha value is -1.28. The first kappa shape index (κ1) is 15.3. The van der Waals surface area contributed by atoms with E-state index in [4.69, 9.17) is 4.74 Å². The zero-order valence-electron chi connectivity index (χ0n) is 14.5. The van der Waals surface area contributed by atoms with Crippen molar-refractivity contribution < 1.29 is 4.74 Å². The van der Waals surface area contributed by atoms with Crippen LogP contribution in [-0.4, -0.2) is 20.2 Å². The van der Waals surface area contributed by atoms with Crippen LogP contribution in [0.15, 0.2) is 35.9 Å². The zero-order valence-corrected chi connectivity index (χ0v) is 14.5. The highest BCUT2D eigenvalue weighted by atomic mass is 16.5. The van der Waals surface area contributed by atoms with Crippen molar-refractivity contribution in [2.45, 2.75) is 57.2 Å². The van der Waals surface area contributed by atoms with Gasteiger partial charge >= 0.3 is 0 Å². The van der Waals surface area contributed by atoms with E-state index in [1.54, 1.807) is 5.57 Å². The van der Waals surface area contributed by atoms with Gasteiger partial charge in [-0.3, -0.25) is 0 Å². The van der Waals surface area contributed by atoms with E-state index >= 15 is 0 Å². The van der Waals surface area contributed by atoms with Crippen molar-refractivity contribution in [2.24, 2.45) is 11.8 Å². The van der Waals surface area contributed by atoms with E-state index < -0.39 is 0 Å². The lowest BCUT2D eigenvalue weighted by Gasteiger charge is -2.47. The summed E-state index contributed by atoms with van der Waals surface area (Å²) in [5, 5.41) is 0. The predicted molar refractivity (Wildman–Crippen MR) is 95.8 cm³/mol. The van der Waals surface area contributed by atoms with Crippen LogP contribution in [0.3, 0.4) is 0 Å². The molecule has 0 radical (unpaired) electrons. The second kappa shape index (κ2) is 6.32. The highest BCUT2D eigenvalue weighted by Gasteiger charge is 2.43. The maximum absolute atomic E-state index is 6.69. The number of ether oxygens (including phenoxy) is 1. The summed E-state index contributed by atoms with van der Waals surface area (Å²) in [6.07, 6.45) is 12.5. The number of hydrogen-bond donors (Lipinski definition) is 0. The lowest BCUT2D eigenvalue weighted by atomic mass is 9.68. The third-order valence-electron chi connectivity index (χ3n) is 6.08. The fourth-order valence-electron chi connectivity index (χ4n) is 4.87. The molecule has 4 atom stereocenters. The van der Waals surface area contributed by atoms with Gasteiger partial charge in [-0.1, -0.05) is 36.6 Å². The SMILES string of the molecule is CN(C)c1ccc([C@@H]2O[C@@H]3CCCC[C@H]3C3=CCCC[C@H]32)cc1. The van der Waals surface area contributed by atoms with Gasteiger partial charge in [0.2, 0.25) is 0 Å². The minimum atomic E-state index is 0.275. The summed E-state index contributed by atoms with van der Waals surface area (Å²) in [6.45, 7) is 0. The Kier molecular flexibility index (Phi) is 4.19. The normalized spacial score (nSPS) is 33.4. The van der Waals surface area contributed by atoms with E-state index in [0.717, 1.165) is 0 Å². The molecule has 1 saturated heterocycles. The summed E-state index contributed by atoms with van der Waals surface area (Å²) in [4.78, 5) is 2.16. The Labute approximate surface area is 140 Å². The van der Waals surface area contributed by atoms with E-state index in [0.29, 0.717) is 17.9 Å². The molecule has 1 aromatic carbocycles. The van der Waals surface area contributed by atoms with Crippen LogP contribution in [-0.2, 0) is 4.74 Å². The van der Waals surface area contributed by atoms with E-state index in [9.17, 15) is 0 Å². The first-order valence-electron chi connectivity index (χ1n) is 9.37. The van der Waals surface area contributed by atoms with Gasteiger partial charge in [0.15, 0.2) is 0 Å². The van der Waals surface area contributed by atoms with Crippen LogP contribution in [0.5, 0.6) is 0 Å². The Bertz CT molecular complexity index is 574. The fraction of sp³-hybridized carbons (Fsp3) is 0.619. The molecule has 2 nitrogen and oxygen atoms in total. The number of anilines is 1. The van der Waals surface area contributed by atoms with E-state index in [1.807, 2.05) is 0 Å². The van der Waals surface area contributed by atoms with Gasteiger partial charge in [-0.25, -0.2) is 0 Å². The van der Waals surface area contributed by atoms with Crippen LogP contribution in [0.1, 0.15) is 56.6 Å². The van der Waals surface area contributed by atoms with Gasteiger partial charge < -0.3 is 9.64 Å². The molecule has 1 aliphatic heterocycles. The van der Waals surface area contributed by atoms with Gasteiger partial charge in [-0.2, -0.15) is 0 Å². The van der Waals surface area contributed by atoms with Crippen molar-refractivity contribution in [3.8, 4) is 0 Å². The number of benzene rings is 1. The van der Waals surface area contributed by atoms with Gasteiger partial charge in [0.05, 0.1) is 12.2 Å². The monoisotopic (exact) mass is 311 g/mol. The van der Waals surface area contributed by atoms with Gasteiger partial charge in [-0.15, -0.1) is 0 Å². The van der Waals surface area contributed by atoms with Crippen molar-refractivity contribution in [3.63, 3.8) is 0 Å². The molecule has 2 heteroatoms. The smallest absolute Gasteiger partial charge is 0.0894 e. The molecule has 4 rings (SSSR count). The molecule has 0 N–H and O–H groups in total. The Morgan fingerprint density at radius 3 is 2.43 bits per heavy atom. The number of rotatable bonds is 2. The number of nitrogens with zero attached hydrogens (tertiary/aromatic N) is 1. The molecule has 1 saturated carbocycles. The third-order valence-corrected chi connectivity index (χ3v) is 6.08.